The molecule has 0 radical (unpaired) electrons. The lowest BCUT2D eigenvalue weighted by molar-refractivity contribution is 0.0572. The Morgan fingerprint density at radius 2 is 1.74 bits per heavy atom. The van der Waals surface area contributed by atoms with E-state index in [1.807, 2.05) is 0 Å². The van der Waals surface area contributed by atoms with Crippen molar-refractivity contribution in [3.8, 4) is 0 Å². The summed E-state index contributed by atoms with van der Waals surface area (Å²) in [6.45, 7) is 3.30. The maximum atomic E-state index is 12.5. The molecule has 19 heavy (non-hydrogen) atoms. The third-order valence-corrected chi connectivity index (χ3v) is 5.44. The first-order valence-corrected chi connectivity index (χ1v) is 7.40. The SMILES string of the molecule is Cc1cc(N)cc(S(=O)(=O)N2C[C@@H](O)[C@@H](O)C2)c1C. The van der Waals surface area contributed by atoms with E-state index < -0.39 is 22.2 Å². The Hall–Kier alpha value is -1.15. The van der Waals surface area contributed by atoms with E-state index in [9.17, 15) is 18.6 Å². The highest BCUT2D eigenvalue weighted by Gasteiger charge is 2.38. The number of nitrogens with two attached hydrogens (primary N) is 1. The van der Waals surface area contributed by atoms with Crippen LogP contribution in [0.2, 0.25) is 0 Å². The van der Waals surface area contributed by atoms with Gasteiger partial charge in [-0.3, -0.25) is 0 Å². The lowest BCUT2D eigenvalue weighted by Crippen LogP contribution is -2.30. The Morgan fingerprint density at radius 3 is 2.26 bits per heavy atom. The van der Waals surface area contributed by atoms with Crippen molar-refractivity contribution >= 4 is 15.7 Å². The third kappa shape index (κ3) is 2.46. The number of β-amino-alcohol motifs (C(OH)–C–C–N with tert-alkyl or cyclic N) is 2. The molecule has 1 aromatic rings. The van der Waals surface area contributed by atoms with Crippen molar-refractivity contribution in [1.29, 1.82) is 0 Å². The molecule has 1 heterocycles. The first-order valence-electron chi connectivity index (χ1n) is 5.96. The summed E-state index contributed by atoms with van der Waals surface area (Å²) in [6.07, 6.45) is -2.09. The molecule has 0 aliphatic carbocycles. The highest BCUT2D eigenvalue weighted by molar-refractivity contribution is 7.89. The molecule has 106 valence electrons. The molecule has 1 aromatic carbocycles. The summed E-state index contributed by atoms with van der Waals surface area (Å²) in [6, 6.07) is 3.12. The van der Waals surface area contributed by atoms with E-state index in [0.717, 1.165) is 9.87 Å². The van der Waals surface area contributed by atoms with Crippen LogP contribution in [0.3, 0.4) is 0 Å². The Bertz CT molecular complexity index is 590. The molecule has 1 aliphatic heterocycles. The van der Waals surface area contributed by atoms with Gasteiger partial charge >= 0.3 is 0 Å². The van der Waals surface area contributed by atoms with Crippen LogP contribution < -0.4 is 5.73 Å². The van der Waals surface area contributed by atoms with E-state index in [1.165, 1.54) is 6.07 Å². The van der Waals surface area contributed by atoms with Gasteiger partial charge in [-0.15, -0.1) is 0 Å². The summed E-state index contributed by atoms with van der Waals surface area (Å²) >= 11 is 0. The van der Waals surface area contributed by atoms with Crippen molar-refractivity contribution < 1.29 is 18.6 Å². The van der Waals surface area contributed by atoms with Crippen molar-refractivity contribution in [2.24, 2.45) is 0 Å². The number of rotatable bonds is 2. The molecule has 0 spiro atoms. The lowest BCUT2D eigenvalue weighted by atomic mass is 10.1. The molecule has 1 aliphatic rings. The number of hydrogen-bond donors (Lipinski definition) is 3. The van der Waals surface area contributed by atoms with Crippen LogP contribution in [-0.2, 0) is 10.0 Å². The highest BCUT2D eigenvalue weighted by Crippen LogP contribution is 2.27. The maximum absolute atomic E-state index is 12.5. The number of nitrogens with zero attached hydrogens (tertiary/aromatic N) is 1. The molecule has 4 N–H and O–H groups in total. The summed E-state index contributed by atoms with van der Waals surface area (Å²) in [5, 5.41) is 19.0. The fourth-order valence-electron chi connectivity index (χ4n) is 2.19. The number of aliphatic hydroxyl groups excluding tert-OH is 2. The molecule has 2 rings (SSSR count). The zero-order chi connectivity index (χ0) is 14.4. The van der Waals surface area contributed by atoms with E-state index in [2.05, 4.69) is 0 Å². The smallest absolute Gasteiger partial charge is 0.243 e. The van der Waals surface area contributed by atoms with Crippen molar-refractivity contribution in [1.82, 2.24) is 4.31 Å². The maximum Gasteiger partial charge on any atom is 0.243 e. The molecule has 1 saturated heterocycles. The molecule has 0 aromatic heterocycles. The molecule has 0 amide bonds. The van der Waals surface area contributed by atoms with Gasteiger partial charge in [0.25, 0.3) is 0 Å². The number of aliphatic hydroxyl groups is 2. The van der Waals surface area contributed by atoms with E-state index in [-0.39, 0.29) is 18.0 Å². The summed E-state index contributed by atoms with van der Waals surface area (Å²) in [5.74, 6) is 0. The second-order valence-electron chi connectivity index (χ2n) is 4.92. The molecule has 0 bridgehead atoms. The fraction of sp³-hybridized carbons (Fsp3) is 0.500. The van der Waals surface area contributed by atoms with Crippen LogP contribution in [0.1, 0.15) is 11.1 Å². The Labute approximate surface area is 112 Å². The van der Waals surface area contributed by atoms with E-state index >= 15 is 0 Å². The molecule has 0 saturated carbocycles. The number of anilines is 1. The Kier molecular flexibility index (Phi) is 3.57. The molecule has 7 heteroatoms. The van der Waals surface area contributed by atoms with Gasteiger partial charge in [0, 0.05) is 18.8 Å². The molecular weight excluding hydrogens is 268 g/mol. The molecule has 2 atom stereocenters. The van der Waals surface area contributed by atoms with Crippen LogP contribution in [0.4, 0.5) is 5.69 Å². The van der Waals surface area contributed by atoms with Crippen LogP contribution in [0.5, 0.6) is 0 Å². The number of hydrogen-bond acceptors (Lipinski definition) is 5. The number of sulfonamides is 1. The molecule has 1 fully saturated rings. The van der Waals surface area contributed by atoms with Gasteiger partial charge in [0.2, 0.25) is 10.0 Å². The summed E-state index contributed by atoms with van der Waals surface area (Å²) in [5.41, 5.74) is 7.49. The van der Waals surface area contributed by atoms with Gasteiger partial charge < -0.3 is 15.9 Å². The highest BCUT2D eigenvalue weighted by atomic mass is 32.2. The van der Waals surface area contributed by atoms with Crippen molar-refractivity contribution in [3.63, 3.8) is 0 Å². The van der Waals surface area contributed by atoms with Gasteiger partial charge in [0.05, 0.1) is 17.1 Å². The fourth-order valence-corrected chi connectivity index (χ4v) is 4.00. The van der Waals surface area contributed by atoms with Crippen LogP contribution in [0.25, 0.3) is 0 Å². The first kappa shape index (κ1) is 14.3. The van der Waals surface area contributed by atoms with Crippen molar-refractivity contribution in [3.05, 3.63) is 23.3 Å². The zero-order valence-electron chi connectivity index (χ0n) is 10.9. The average molecular weight is 286 g/mol. The van der Waals surface area contributed by atoms with Gasteiger partial charge in [0.15, 0.2) is 0 Å². The van der Waals surface area contributed by atoms with Crippen LogP contribution in [-0.4, -0.2) is 48.2 Å². The second-order valence-corrected chi connectivity index (χ2v) is 6.82. The molecule has 6 nitrogen and oxygen atoms in total. The van der Waals surface area contributed by atoms with Crippen LogP contribution in [0, 0.1) is 13.8 Å². The number of nitrogen functional groups attached to an aromatic ring is 1. The van der Waals surface area contributed by atoms with Crippen LogP contribution >= 0.6 is 0 Å². The van der Waals surface area contributed by atoms with E-state index in [1.54, 1.807) is 19.9 Å². The predicted octanol–water partition coefficient (Wildman–Crippen LogP) is -0.388. The summed E-state index contributed by atoms with van der Waals surface area (Å²) in [7, 11) is -3.75. The summed E-state index contributed by atoms with van der Waals surface area (Å²) in [4.78, 5) is 0.131. The Morgan fingerprint density at radius 1 is 1.21 bits per heavy atom. The van der Waals surface area contributed by atoms with Gasteiger partial charge in [-0.05, 0) is 37.1 Å². The van der Waals surface area contributed by atoms with Crippen LogP contribution in [0.15, 0.2) is 17.0 Å². The monoisotopic (exact) mass is 286 g/mol. The molecule has 0 unspecified atom stereocenters. The van der Waals surface area contributed by atoms with E-state index in [0.29, 0.717) is 11.3 Å². The zero-order valence-corrected chi connectivity index (χ0v) is 11.7. The average Bonchev–Trinajstić information content (AvgIpc) is 2.65. The second kappa shape index (κ2) is 4.75. The first-order chi connectivity index (χ1) is 8.73. The van der Waals surface area contributed by atoms with Gasteiger partial charge in [-0.1, -0.05) is 0 Å². The lowest BCUT2D eigenvalue weighted by Gasteiger charge is -2.18. The number of benzene rings is 1. The van der Waals surface area contributed by atoms with Crippen molar-refractivity contribution in [2.45, 2.75) is 31.0 Å². The van der Waals surface area contributed by atoms with Gasteiger partial charge in [-0.25, -0.2) is 8.42 Å². The van der Waals surface area contributed by atoms with Crippen molar-refractivity contribution in [2.75, 3.05) is 18.8 Å². The third-order valence-electron chi connectivity index (χ3n) is 3.49. The summed E-state index contributed by atoms with van der Waals surface area (Å²) < 4.78 is 26.1. The topological polar surface area (TPSA) is 104 Å². The quantitative estimate of drug-likeness (QED) is 0.642. The minimum absolute atomic E-state index is 0.100. The van der Waals surface area contributed by atoms with Gasteiger partial charge in [-0.2, -0.15) is 4.31 Å². The Balaban J connectivity index is 2.46. The minimum atomic E-state index is -3.75. The largest absolute Gasteiger partial charge is 0.399 e. The van der Waals surface area contributed by atoms with E-state index in [4.69, 9.17) is 5.73 Å². The predicted molar refractivity (Wildman–Crippen MR) is 71.1 cm³/mol. The minimum Gasteiger partial charge on any atom is -0.399 e. The molecular formula is C12H18N2O4S. The normalized spacial score (nSPS) is 24.8. The number of aryl methyl sites for hydroxylation is 1. The van der Waals surface area contributed by atoms with Gasteiger partial charge in [0.1, 0.15) is 0 Å². The standard InChI is InChI=1S/C12H18N2O4S/c1-7-3-9(13)4-12(8(7)2)19(17,18)14-5-10(15)11(16)6-14/h3-4,10-11,15-16H,5-6,13H2,1-2H3/t10-,11+.